The van der Waals surface area contributed by atoms with Crippen molar-refractivity contribution in [3.63, 3.8) is 0 Å². The van der Waals surface area contributed by atoms with Crippen molar-refractivity contribution in [1.29, 1.82) is 0 Å². The van der Waals surface area contributed by atoms with E-state index in [9.17, 15) is 22.8 Å². The van der Waals surface area contributed by atoms with Gasteiger partial charge in [-0.05, 0) is 77.8 Å². The van der Waals surface area contributed by atoms with Crippen LogP contribution < -0.4 is 10.0 Å². The molecule has 1 aliphatic rings. The first-order chi connectivity index (χ1) is 18.2. The van der Waals surface area contributed by atoms with Crippen LogP contribution in [0.25, 0.3) is 0 Å². The van der Waals surface area contributed by atoms with Gasteiger partial charge in [0.2, 0.25) is 10.0 Å². The van der Waals surface area contributed by atoms with Crippen LogP contribution in [0.3, 0.4) is 0 Å². The molecule has 2 amide bonds. The SMILES string of the molecule is C[C@@H](CCOCCCC1CCCN(C(=O)OC(C)(C)C)C1)S(=O)(=O)N(CCC(=O)O)c1ccccc1C(N)=O. The van der Waals surface area contributed by atoms with Crippen LogP contribution in [0.1, 0.15) is 76.6 Å². The van der Waals surface area contributed by atoms with Crippen molar-refractivity contribution in [3.05, 3.63) is 29.8 Å². The molecule has 1 saturated heterocycles. The van der Waals surface area contributed by atoms with Gasteiger partial charge >= 0.3 is 12.1 Å². The summed E-state index contributed by atoms with van der Waals surface area (Å²) in [7, 11) is -4.01. The lowest BCUT2D eigenvalue weighted by molar-refractivity contribution is -0.136. The molecule has 0 radical (unpaired) electrons. The fourth-order valence-corrected chi connectivity index (χ4v) is 6.07. The number of ether oxygens (including phenoxy) is 2. The Labute approximate surface area is 231 Å². The highest BCUT2D eigenvalue weighted by Gasteiger charge is 2.32. The molecule has 220 valence electrons. The zero-order chi connectivity index (χ0) is 29.2. The largest absolute Gasteiger partial charge is 0.481 e. The van der Waals surface area contributed by atoms with Crippen LogP contribution >= 0.6 is 0 Å². The number of hydrogen-bond acceptors (Lipinski definition) is 7. The molecule has 0 aromatic heterocycles. The molecule has 3 N–H and O–H groups in total. The minimum absolute atomic E-state index is 0.00265. The number of para-hydroxylation sites is 1. The van der Waals surface area contributed by atoms with E-state index < -0.39 is 39.2 Å². The molecule has 1 unspecified atom stereocenters. The molecule has 12 heteroatoms. The molecule has 1 heterocycles. The fourth-order valence-electron chi connectivity index (χ4n) is 4.47. The number of amides is 2. The molecule has 0 spiro atoms. The Morgan fingerprint density at radius 2 is 1.90 bits per heavy atom. The van der Waals surface area contributed by atoms with Crippen LogP contribution in [0, 0.1) is 5.92 Å². The van der Waals surface area contributed by atoms with Gasteiger partial charge in [-0.3, -0.25) is 13.9 Å². The Balaban J connectivity index is 1.86. The number of carbonyl (C=O) groups excluding carboxylic acids is 2. The number of likely N-dealkylation sites (tertiary alicyclic amines) is 1. The van der Waals surface area contributed by atoms with E-state index in [1.165, 1.54) is 19.1 Å². The lowest BCUT2D eigenvalue weighted by Crippen LogP contribution is -2.42. The molecule has 1 aromatic rings. The number of carbonyl (C=O) groups is 3. The van der Waals surface area contributed by atoms with Gasteiger partial charge in [-0.1, -0.05) is 12.1 Å². The summed E-state index contributed by atoms with van der Waals surface area (Å²) < 4.78 is 39.0. The van der Waals surface area contributed by atoms with Crippen molar-refractivity contribution in [3.8, 4) is 0 Å². The van der Waals surface area contributed by atoms with Gasteiger partial charge in [0, 0.05) is 32.8 Å². The molecule has 39 heavy (non-hydrogen) atoms. The Morgan fingerprint density at radius 1 is 1.21 bits per heavy atom. The maximum absolute atomic E-state index is 13.4. The van der Waals surface area contributed by atoms with Crippen molar-refractivity contribution < 1.29 is 37.4 Å². The molecule has 1 fully saturated rings. The summed E-state index contributed by atoms with van der Waals surface area (Å²) in [6.07, 6.45) is 3.12. The minimum Gasteiger partial charge on any atom is -0.481 e. The number of carboxylic acids is 1. The van der Waals surface area contributed by atoms with Crippen LogP contribution in [-0.2, 0) is 24.3 Å². The van der Waals surface area contributed by atoms with E-state index in [4.69, 9.17) is 20.3 Å². The number of sulfonamides is 1. The molecule has 2 rings (SSSR count). The Morgan fingerprint density at radius 3 is 2.54 bits per heavy atom. The number of rotatable bonds is 14. The lowest BCUT2D eigenvalue weighted by atomic mass is 9.94. The van der Waals surface area contributed by atoms with Gasteiger partial charge in [-0.25, -0.2) is 13.2 Å². The third kappa shape index (κ3) is 10.3. The topological polar surface area (TPSA) is 157 Å². The van der Waals surface area contributed by atoms with Gasteiger partial charge in [0.1, 0.15) is 5.60 Å². The highest BCUT2D eigenvalue weighted by molar-refractivity contribution is 7.93. The summed E-state index contributed by atoms with van der Waals surface area (Å²) in [5.41, 5.74) is 4.97. The summed E-state index contributed by atoms with van der Waals surface area (Å²) in [6.45, 7) is 8.78. The van der Waals surface area contributed by atoms with Gasteiger partial charge in [-0.2, -0.15) is 0 Å². The zero-order valence-electron chi connectivity index (χ0n) is 23.4. The number of nitrogens with zero attached hydrogens (tertiary/aromatic N) is 2. The first-order valence-corrected chi connectivity index (χ1v) is 14.9. The predicted molar refractivity (Wildman–Crippen MR) is 148 cm³/mol. The molecular formula is C27H43N3O8S. The number of nitrogens with two attached hydrogens (primary N) is 1. The van der Waals surface area contributed by atoms with Gasteiger partial charge < -0.3 is 25.2 Å². The molecule has 0 saturated carbocycles. The molecule has 0 bridgehead atoms. The number of hydrogen-bond donors (Lipinski definition) is 2. The fraction of sp³-hybridized carbons (Fsp3) is 0.667. The van der Waals surface area contributed by atoms with E-state index in [0.717, 1.165) is 30.0 Å². The van der Waals surface area contributed by atoms with Gasteiger partial charge in [0.25, 0.3) is 5.91 Å². The molecular weight excluding hydrogens is 526 g/mol. The van der Waals surface area contributed by atoms with E-state index in [1.54, 1.807) is 17.0 Å². The Bertz CT molecular complexity index is 1090. The summed E-state index contributed by atoms with van der Waals surface area (Å²) in [6, 6.07) is 5.98. The quantitative estimate of drug-likeness (QED) is 0.322. The van der Waals surface area contributed by atoms with Crippen LogP contribution in [0.4, 0.5) is 10.5 Å². The standard InChI is InChI=1S/C27H43N3O8S/c1-20(39(35,36)30(16-13-24(31)32)23-12-6-5-11-22(23)25(28)33)14-18-37-17-8-10-21-9-7-15-29(19-21)26(34)38-27(2,3)4/h5-6,11-12,20-21H,7-10,13-19H2,1-4H3,(H2,28,33)(H,31,32)/t20-,21?/m0/s1. The number of aliphatic carboxylic acids is 1. The third-order valence-electron chi connectivity index (χ3n) is 6.52. The van der Waals surface area contributed by atoms with Crippen LogP contribution in [-0.4, -0.2) is 80.1 Å². The second kappa shape index (κ2) is 14.5. The molecule has 11 nitrogen and oxygen atoms in total. The predicted octanol–water partition coefficient (Wildman–Crippen LogP) is 3.62. The van der Waals surface area contributed by atoms with Crippen LogP contribution in [0.5, 0.6) is 0 Å². The Kier molecular flexibility index (Phi) is 12.0. The van der Waals surface area contributed by atoms with E-state index >= 15 is 0 Å². The highest BCUT2D eigenvalue weighted by atomic mass is 32.2. The van der Waals surface area contributed by atoms with Crippen molar-refractivity contribution in [2.24, 2.45) is 11.7 Å². The summed E-state index contributed by atoms with van der Waals surface area (Å²) in [5, 5.41) is 8.26. The van der Waals surface area contributed by atoms with Crippen LogP contribution in [0.15, 0.2) is 24.3 Å². The maximum Gasteiger partial charge on any atom is 0.410 e. The third-order valence-corrected chi connectivity index (χ3v) is 8.77. The first kappa shape index (κ1) is 32.4. The number of piperidine rings is 1. The van der Waals surface area contributed by atoms with Gasteiger partial charge in [0.05, 0.1) is 22.9 Å². The van der Waals surface area contributed by atoms with E-state index in [-0.39, 0.29) is 36.9 Å². The van der Waals surface area contributed by atoms with Crippen molar-refractivity contribution in [2.75, 3.05) is 37.2 Å². The summed E-state index contributed by atoms with van der Waals surface area (Å²) in [5.74, 6) is -1.60. The maximum atomic E-state index is 13.4. The second-order valence-electron chi connectivity index (χ2n) is 10.9. The average Bonchev–Trinajstić information content (AvgIpc) is 2.85. The van der Waals surface area contributed by atoms with Crippen molar-refractivity contribution in [2.45, 2.75) is 77.1 Å². The minimum atomic E-state index is -4.01. The van der Waals surface area contributed by atoms with Crippen molar-refractivity contribution >= 4 is 33.7 Å². The molecule has 2 atom stereocenters. The van der Waals surface area contributed by atoms with Gasteiger partial charge in [-0.15, -0.1) is 0 Å². The number of carboxylic acid groups (broad SMARTS) is 1. The number of anilines is 1. The molecule has 1 aromatic carbocycles. The first-order valence-electron chi connectivity index (χ1n) is 13.4. The van der Waals surface area contributed by atoms with Gasteiger partial charge in [0.15, 0.2) is 0 Å². The number of benzene rings is 1. The zero-order valence-corrected chi connectivity index (χ0v) is 24.2. The smallest absolute Gasteiger partial charge is 0.410 e. The lowest BCUT2D eigenvalue weighted by Gasteiger charge is -2.34. The monoisotopic (exact) mass is 569 g/mol. The second-order valence-corrected chi connectivity index (χ2v) is 13.2. The van der Waals surface area contributed by atoms with E-state index in [1.807, 2.05) is 20.8 Å². The molecule has 1 aliphatic heterocycles. The molecule has 0 aliphatic carbocycles. The Hall–Kier alpha value is -2.86. The average molecular weight is 570 g/mol. The summed E-state index contributed by atoms with van der Waals surface area (Å²) >= 11 is 0. The van der Waals surface area contributed by atoms with E-state index in [2.05, 4.69) is 0 Å². The number of primary amides is 1. The van der Waals surface area contributed by atoms with Crippen molar-refractivity contribution in [1.82, 2.24) is 4.90 Å². The summed E-state index contributed by atoms with van der Waals surface area (Å²) in [4.78, 5) is 37.2. The highest BCUT2D eigenvalue weighted by Crippen LogP contribution is 2.27. The van der Waals surface area contributed by atoms with Crippen LogP contribution in [0.2, 0.25) is 0 Å². The van der Waals surface area contributed by atoms with E-state index in [0.29, 0.717) is 25.6 Å². The normalized spacial score (nSPS) is 16.9.